The van der Waals surface area contributed by atoms with Gasteiger partial charge in [0, 0.05) is 55.7 Å². The second kappa shape index (κ2) is 8.03. The highest BCUT2D eigenvalue weighted by Crippen LogP contribution is 2.26. The highest BCUT2D eigenvalue weighted by molar-refractivity contribution is 6.07. The molecule has 7 nitrogen and oxygen atoms in total. The largest absolute Gasteiger partial charge is 0.352 e. The quantitative estimate of drug-likeness (QED) is 0.625. The number of aromatic nitrogens is 3. The molecular weight excluding hydrogens is 366 g/mol. The number of hydrogen-bond donors (Lipinski definition) is 0. The third kappa shape index (κ3) is 3.72. The predicted molar refractivity (Wildman–Crippen MR) is 112 cm³/mol. The number of anilines is 1. The number of Topliss-reactive ketones (excluding diaryl/α,β-unsaturated/α-hetero) is 1. The zero-order valence-corrected chi connectivity index (χ0v) is 16.8. The van der Waals surface area contributed by atoms with Gasteiger partial charge < -0.3 is 14.4 Å². The number of benzene rings is 1. The van der Waals surface area contributed by atoms with Crippen LogP contribution in [0.25, 0.3) is 10.9 Å². The van der Waals surface area contributed by atoms with Crippen LogP contribution in [0.1, 0.15) is 29.8 Å². The van der Waals surface area contributed by atoms with Crippen molar-refractivity contribution in [1.82, 2.24) is 19.4 Å². The van der Waals surface area contributed by atoms with Crippen molar-refractivity contribution in [1.29, 1.82) is 0 Å². The maximum absolute atomic E-state index is 13.0. The summed E-state index contributed by atoms with van der Waals surface area (Å²) in [5, 5.41) is 0.928. The first-order chi connectivity index (χ1) is 14.1. The van der Waals surface area contributed by atoms with Crippen molar-refractivity contribution in [2.24, 2.45) is 0 Å². The average molecular weight is 391 g/mol. The molecule has 0 spiro atoms. The van der Waals surface area contributed by atoms with E-state index < -0.39 is 0 Å². The van der Waals surface area contributed by atoms with E-state index in [0.717, 1.165) is 41.8 Å². The monoisotopic (exact) mass is 391 g/mol. The van der Waals surface area contributed by atoms with Gasteiger partial charge in [0.25, 0.3) is 0 Å². The van der Waals surface area contributed by atoms with Crippen LogP contribution >= 0.6 is 0 Å². The Morgan fingerprint density at radius 2 is 1.90 bits per heavy atom. The first-order valence-electron chi connectivity index (χ1n) is 9.99. The summed E-state index contributed by atoms with van der Waals surface area (Å²) < 4.78 is 1.95. The zero-order valence-electron chi connectivity index (χ0n) is 16.8. The number of hydrogen-bond acceptors (Lipinski definition) is 5. The number of nitrogens with zero attached hydrogens (tertiary/aromatic N) is 5. The molecule has 29 heavy (non-hydrogen) atoms. The molecule has 0 bridgehead atoms. The van der Waals surface area contributed by atoms with Crippen LogP contribution in [0.5, 0.6) is 0 Å². The third-order valence-corrected chi connectivity index (χ3v) is 5.55. The SMILES string of the molecule is CCc1cccc2c(C(C)=O)cn(CC(=O)N3CCN(c4cnccn4)CC3)c12. The summed E-state index contributed by atoms with van der Waals surface area (Å²) in [6.07, 6.45) is 7.77. The van der Waals surface area contributed by atoms with Gasteiger partial charge >= 0.3 is 0 Å². The van der Waals surface area contributed by atoms with Crippen LogP contribution < -0.4 is 4.90 Å². The molecule has 1 fully saturated rings. The summed E-state index contributed by atoms with van der Waals surface area (Å²) in [5.74, 6) is 0.934. The first-order valence-corrected chi connectivity index (χ1v) is 9.99. The smallest absolute Gasteiger partial charge is 0.242 e. The lowest BCUT2D eigenvalue weighted by molar-refractivity contribution is -0.132. The molecule has 3 aromatic rings. The molecule has 3 heterocycles. The van der Waals surface area contributed by atoms with Crippen LogP contribution in [0.3, 0.4) is 0 Å². The number of carbonyl (C=O) groups is 2. The van der Waals surface area contributed by atoms with E-state index in [4.69, 9.17) is 0 Å². The summed E-state index contributed by atoms with van der Waals surface area (Å²) in [7, 11) is 0. The maximum atomic E-state index is 13.0. The number of ketones is 1. The molecule has 1 aliphatic rings. The molecule has 0 atom stereocenters. The Morgan fingerprint density at radius 3 is 2.55 bits per heavy atom. The van der Waals surface area contributed by atoms with Crippen molar-refractivity contribution >= 4 is 28.4 Å². The highest BCUT2D eigenvalue weighted by Gasteiger charge is 2.23. The van der Waals surface area contributed by atoms with E-state index >= 15 is 0 Å². The topological polar surface area (TPSA) is 71.3 Å². The Bertz CT molecular complexity index is 1040. The predicted octanol–water partition coefficient (Wildman–Crippen LogP) is 2.55. The lowest BCUT2D eigenvalue weighted by Gasteiger charge is -2.35. The molecule has 1 aliphatic heterocycles. The fourth-order valence-electron chi connectivity index (χ4n) is 4.01. The van der Waals surface area contributed by atoms with Gasteiger partial charge in [-0.15, -0.1) is 0 Å². The number of rotatable bonds is 5. The van der Waals surface area contributed by atoms with Gasteiger partial charge in [0.05, 0.1) is 11.7 Å². The van der Waals surface area contributed by atoms with Crippen molar-refractivity contribution in [2.45, 2.75) is 26.8 Å². The van der Waals surface area contributed by atoms with E-state index in [1.807, 2.05) is 27.8 Å². The Morgan fingerprint density at radius 1 is 1.10 bits per heavy atom. The van der Waals surface area contributed by atoms with Crippen molar-refractivity contribution < 1.29 is 9.59 Å². The lowest BCUT2D eigenvalue weighted by atomic mass is 10.1. The van der Waals surface area contributed by atoms with Crippen LogP contribution in [-0.2, 0) is 17.8 Å². The van der Waals surface area contributed by atoms with Crippen LogP contribution in [-0.4, -0.2) is 57.3 Å². The zero-order chi connectivity index (χ0) is 20.4. The van der Waals surface area contributed by atoms with Crippen LogP contribution in [0.2, 0.25) is 0 Å². The maximum Gasteiger partial charge on any atom is 0.242 e. The second-order valence-corrected chi connectivity index (χ2v) is 7.33. The van der Waals surface area contributed by atoms with Gasteiger partial charge in [-0.05, 0) is 18.9 Å². The summed E-state index contributed by atoms with van der Waals surface area (Å²) in [6.45, 7) is 6.67. The van der Waals surface area contributed by atoms with E-state index in [1.54, 1.807) is 25.5 Å². The molecule has 150 valence electrons. The molecule has 1 amide bonds. The minimum absolute atomic E-state index is 0.0204. The molecule has 1 aromatic carbocycles. The fraction of sp³-hybridized carbons (Fsp3) is 0.364. The standard InChI is InChI=1S/C22H25N5O2/c1-3-17-5-4-6-18-19(16(2)28)14-27(22(17)18)15-21(29)26-11-9-25(10-12-26)20-13-23-7-8-24-20/h4-8,13-14H,3,9-12,15H2,1-2H3. The summed E-state index contributed by atoms with van der Waals surface area (Å²) in [5.41, 5.74) is 2.82. The summed E-state index contributed by atoms with van der Waals surface area (Å²) in [4.78, 5) is 37.6. The molecule has 0 radical (unpaired) electrons. The molecule has 0 saturated carbocycles. The third-order valence-electron chi connectivity index (χ3n) is 5.55. The highest BCUT2D eigenvalue weighted by atomic mass is 16.2. The van der Waals surface area contributed by atoms with Gasteiger partial charge in [-0.1, -0.05) is 25.1 Å². The molecule has 0 N–H and O–H groups in total. The van der Waals surface area contributed by atoms with Gasteiger partial charge in [-0.25, -0.2) is 4.98 Å². The molecular formula is C22H25N5O2. The Balaban J connectivity index is 1.52. The number of aryl methyl sites for hydroxylation is 1. The van der Waals surface area contributed by atoms with E-state index in [1.165, 1.54) is 0 Å². The van der Waals surface area contributed by atoms with Crippen molar-refractivity contribution in [2.75, 3.05) is 31.1 Å². The van der Waals surface area contributed by atoms with E-state index in [0.29, 0.717) is 18.7 Å². The summed E-state index contributed by atoms with van der Waals surface area (Å²) in [6, 6.07) is 6.00. The number of piperazine rings is 1. The van der Waals surface area contributed by atoms with E-state index in [2.05, 4.69) is 27.9 Å². The van der Waals surface area contributed by atoms with Crippen molar-refractivity contribution in [3.63, 3.8) is 0 Å². The number of amides is 1. The van der Waals surface area contributed by atoms with Crippen LogP contribution in [0.4, 0.5) is 5.82 Å². The Labute approximate surface area is 170 Å². The van der Waals surface area contributed by atoms with Gasteiger partial charge in [0.1, 0.15) is 12.4 Å². The molecule has 1 saturated heterocycles. The number of para-hydroxylation sites is 1. The van der Waals surface area contributed by atoms with Gasteiger partial charge in [0.15, 0.2) is 5.78 Å². The second-order valence-electron chi connectivity index (χ2n) is 7.33. The Hall–Kier alpha value is -3.22. The van der Waals surface area contributed by atoms with E-state index in [9.17, 15) is 9.59 Å². The van der Waals surface area contributed by atoms with Gasteiger partial charge in [-0.3, -0.25) is 14.6 Å². The van der Waals surface area contributed by atoms with Crippen LogP contribution in [0.15, 0.2) is 43.0 Å². The van der Waals surface area contributed by atoms with Crippen molar-refractivity contribution in [3.05, 3.63) is 54.1 Å². The average Bonchev–Trinajstić information content (AvgIpc) is 3.13. The summed E-state index contributed by atoms with van der Waals surface area (Å²) >= 11 is 0. The Kier molecular flexibility index (Phi) is 5.29. The number of fused-ring (bicyclic) bond motifs is 1. The molecule has 7 heteroatoms. The number of carbonyl (C=O) groups excluding carboxylic acids is 2. The van der Waals surface area contributed by atoms with Gasteiger partial charge in [-0.2, -0.15) is 0 Å². The van der Waals surface area contributed by atoms with Crippen LogP contribution in [0, 0.1) is 0 Å². The minimum Gasteiger partial charge on any atom is -0.352 e. The lowest BCUT2D eigenvalue weighted by Crippen LogP contribution is -2.49. The van der Waals surface area contributed by atoms with Gasteiger partial charge in [0.2, 0.25) is 5.91 Å². The minimum atomic E-state index is 0.0204. The molecule has 2 aromatic heterocycles. The van der Waals surface area contributed by atoms with Crippen molar-refractivity contribution in [3.8, 4) is 0 Å². The first kappa shape index (κ1) is 19.1. The molecule has 0 unspecified atom stereocenters. The fourth-order valence-corrected chi connectivity index (χ4v) is 4.01. The van der Waals surface area contributed by atoms with E-state index in [-0.39, 0.29) is 18.2 Å². The molecule has 0 aliphatic carbocycles. The molecule has 4 rings (SSSR count). The normalized spacial score (nSPS) is 14.4.